The van der Waals surface area contributed by atoms with Crippen molar-refractivity contribution < 1.29 is 18.0 Å². The molecule has 0 saturated carbocycles. The maximum atomic E-state index is 12.0. The number of rotatable bonds is 4. The Balaban J connectivity index is 2.05. The minimum Gasteiger partial charge on any atom is -0.292 e. The zero-order valence-corrected chi connectivity index (χ0v) is 14.0. The van der Waals surface area contributed by atoms with Crippen LogP contribution >= 0.6 is 11.3 Å². The fourth-order valence-electron chi connectivity index (χ4n) is 1.55. The molecule has 0 radical (unpaired) electrons. The normalized spacial score (nSPS) is 11.0. The maximum absolute atomic E-state index is 12.0. The van der Waals surface area contributed by atoms with Crippen molar-refractivity contribution in [3.8, 4) is 0 Å². The molecule has 2 N–H and O–H groups in total. The number of amides is 2. The molecule has 0 aliphatic rings. The van der Waals surface area contributed by atoms with Crippen LogP contribution in [0.3, 0.4) is 0 Å². The zero-order chi connectivity index (χ0) is 17.0. The molecular weight excluding hydrogens is 340 g/mol. The number of nitrogens with one attached hydrogen (secondary N) is 2. The van der Waals surface area contributed by atoms with E-state index in [9.17, 15) is 18.0 Å². The molecule has 1 aromatic heterocycles. The standard InChI is InChI=1S/C13H14N4O4S2/c1-3-10-15-16-13(22-10)14-11(18)12(19)17-23(20,21)9-6-4-8(2)5-7-9/h4-7H,3H2,1-2H3,(H,17,19)(H,14,16,18). The van der Waals surface area contributed by atoms with E-state index in [4.69, 9.17) is 0 Å². The van der Waals surface area contributed by atoms with Gasteiger partial charge in [0.15, 0.2) is 0 Å². The summed E-state index contributed by atoms with van der Waals surface area (Å²) in [6.07, 6.45) is 0.640. The number of nitrogens with zero attached hydrogens (tertiary/aromatic N) is 2. The predicted octanol–water partition coefficient (Wildman–Crippen LogP) is 0.853. The molecule has 2 amide bonds. The van der Waals surface area contributed by atoms with Gasteiger partial charge in [0.2, 0.25) is 5.13 Å². The number of sulfonamides is 1. The summed E-state index contributed by atoms with van der Waals surface area (Å²) in [5, 5.41) is 10.5. The molecule has 0 aliphatic carbocycles. The minimum atomic E-state index is -4.11. The summed E-state index contributed by atoms with van der Waals surface area (Å²) in [5.41, 5.74) is 0.871. The summed E-state index contributed by atoms with van der Waals surface area (Å²) >= 11 is 1.11. The second kappa shape index (κ2) is 6.84. The Morgan fingerprint density at radius 2 is 1.78 bits per heavy atom. The molecule has 0 spiro atoms. The second-order valence-electron chi connectivity index (χ2n) is 4.56. The van der Waals surface area contributed by atoms with Gasteiger partial charge in [-0.1, -0.05) is 36.0 Å². The Hall–Kier alpha value is -2.33. The van der Waals surface area contributed by atoms with E-state index < -0.39 is 21.8 Å². The number of benzene rings is 1. The van der Waals surface area contributed by atoms with Gasteiger partial charge in [-0.15, -0.1) is 10.2 Å². The van der Waals surface area contributed by atoms with E-state index >= 15 is 0 Å². The highest BCUT2D eigenvalue weighted by Gasteiger charge is 2.23. The first kappa shape index (κ1) is 17.0. The first-order valence-electron chi connectivity index (χ1n) is 6.59. The van der Waals surface area contributed by atoms with Crippen LogP contribution in [0, 0.1) is 6.92 Å². The number of hydrogen-bond acceptors (Lipinski definition) is 7. The molecule has 0 aliphatic heterocycles. The van der Waals surface area contributed by atoms with Gasteiger partial charge in [-0.2, -0.15) is 0 Å². The lowest BCUT2D eigenvalue weighted by molar-refractivity contribution is -0.135. The van der Waals surface area contributed by atoms with Crippen molar-refractivity contribution in [1.82, 2.24) is 14.9 Å². The third-order valence-corrected chi connectivity index (χ3v) is 5.08. The number of hydrogen-bond donors (Lipinski definition) is 2. The second-order valence-corrected chi connectivity index (χ2v) is 7.30. The van der Waals surface area contributed by atoms with Crippen LogP contribution in [0.2, 0.25) is 0 Å². The maximum Gasteiger partial charge on any atom is 0.323 e. The Morgan fingerprint density at radius 3 is 2.35 bits per heavy atom. The molecule has 1 aromatic carbocycles. The van der Waals surface area contributed by atoms with Gasteiger partial charge in [0.1, 0.15) is 5.01 Å². The van der Waals surface area contributed by atoms with Crippen LogP contribution in [-0.2, 0) is 26.0 Å². The minimum absolute atomic E-state index is 0.103. The van der Waals surface area contributed by atoms with Crippen molar-refractivity contribution in [3.05, 3.63) is 34.8 Å². The largest absolute Gasteiger partial charge is 0.323 e. The Morgan fingerprint density at radius 1 is 1.13 bits per heavy atom. The Labute approximate surface area is 137 Å². The lowest BCUT2D eigenvalue weighted by atomic mass is 10.2. The number of aromatic nitrogens is 2. The topological polar surface area (TPSA) is 118 Å². The van der Waals surface area contributed by atoms with Gasteiger partial charge in [0, 0.05) is 0 Å². The molecule has 1 heterocycles. The molecule has 122 valence electrons. The average Bonchev–Trinajstić information content (AvgIpc) is 2.94. The molecule has 0 fully saturated rings. The van der Waals surface area contributed by atoms with E-state index in [1.807, 2.05) is 6.92 Å². The summed E-state index contributed by atoms with van der Waals surface area (Å²) < 4.78 is 25.8. The van der Waals surface area contributed by atoms with Gasteiger partial charge in [0.25, 0.3) is 10.0 Å². The number of carbonyl (C=O) groups is 2. The van der Waals surface area contributed by atoms with Crippen LogP contribution in [0.25, 0.3) is 0 Å². The number of aryl methyl sites for hydroxylation is 2. The highest BCUT2D eigenvalue weighted by molar-refractivity contribution is 7.90. The van der Waals surface area contributed by atoms with Crippen molar-refractivity contribution in [2.75, 3.05) is 5.32 Å². The zero-order valence-electron chi connectivity index (χ0n) is 12.4. The molecule has 2 aromatic rings. The molecule has 8 nitrogen and oxygen atoms in total. The number of anilines is 1. The highest BCUT2D eigenvalue weighted by atomic mass is 32.2. The molecule has 10 heteroatoms. The van der Waals surface area contributed by atoms with Crippen LogP contribution in [0.1, 0.15) is 17.5 Å². The molecule has 2 rings (SSSR count). The van der Waals surface area contributed by atoms with E-state index in [1.54, 1.807) is 23.8 Å². The molecule has 0 saturated heterocycles. The highest BCUT2D eigenvalue weighted by Crippen LogP contribution is 2.15. The van der Waals surface area contributed by atoms with Gasteiger partial charge in [0.05, 0.1) is 4.90 Å². The fourth-order valence-corrected chi connectivity index (χ4v) is 3.17. The average molecular weight is 354 g/mol. The quantitative estimate of drug-likeness (QED) is 0.786. The van der Waals surface area contributed by atoms with Crippen LogP contribution in [0.4, 0.5) is 5.13 Å². The van der Waals surface area contributed by atoms with E-state index in [0.29, 0.717) is 11.4 Å². The van der Waals surface area contributed by atoms with E-state index in [1.165, 1.54) is 12.1 Å². The molecule has 0 atom stereocenters. The molecule has 0 bridgehead atoms. The Bertz CT molecular complexity index is 828. The van der Waals surface area contributed by atoms with Gasteiger partial charge in [-0.05, 0) is 25.5 Å². The lowest BCUT2D eigenvalue weighted by Crippen LogP contribution is -2.39. The lowest BCUT2D eigenvalue weighted by Gasteiger charge is -2.06. The van der Waals surface area contributed by atoms with Gasteiger partial charge >= 0.3 is 11.8 Å². The third kappa shape index (κ3) is 4.33. The van der Waals surface area contributed by atoms with Crippen molar-refractivity contribution in [2.24, 2.45) is 0 Å². The summed E-state index contributed by atoms with van der Waals surface area (Å²) in [7, 11) is -4.11. The van der Waals surface area contributed by atoms with Crippen LogP contribution in [-0.4, -0.2) is 30.4 Å². The molecule has 0 unspecified atom stereocenters. The van der Waals surface area contributed by atoms with Gasteiger partial charge < -0.3 is 0 Å². The molecular formula is C13H14N4O4S2. The first-order valence-corrected chi connectivity index (χ1v) is 8.89. The van der Waals surface area contributed by atoms with Crippen molar-refractivity contribution in [2.45, 2.75) is 25.2 Å². The summed E-state index contributed by atoms with van der Waals surface area (Å²) in [5.74, 6) is -2.42. The summed E-state index contributed by atoms with van der Waals surface area (Å²) in [6, 6.07) is 5.88. The first-order chi connectivity index (χ1) is 10.8. The summed E-state index contributed by atoms with van der Waals surface area (Å²) in [6.45, 7) is 3.67. The predicted molar refractivity (Wildman–Crippen MR) is 84.4 cm³/mol. The van der Waals surface area contributed by atoms with Crippen molar-refractivity contribution in [3.63, 3.8) is 0 Å². The monoisotopic (exact) mass is 354 g/mol. The van der Waals surface area contributed by atoms with Crippen LogP contribution in [0.5, 0.6) is 0 Å². The van der Waals surface area contributed by atoms with E-state index in [-0.39, 0.29) is 10.0 Å². The SMILES string of the molecule is CCc1nnc(NC(=O)C(=O)NS(=O)(=O)c2ccc(C)cc2)s1. The summed E-state index contributed by atoms with van der Waals surface area (Å²) in [4.78, 5) is 23.4. The van der Waals surface area contributed by atoms with Crippen LogP contribution in [0.15, 0.2) is 29.2 Å². The molecule has 23 heavy (non-hydrogen) atoms. The fraction of sp³-hybridized carbons (Fsp3) is 0.231. The van der Waals surface area contributed by atoms with E-state index in [0.717, 1.165) is 16.9 Å². The van der Waals surface area contributed by atoms with Crippen molar-refractivity contribution in [1.29, 1.82) is 0 Å². The third-order valence-electron chi connectivity index (χ3n) is 2.75. The smallest absolute Gasteiger partial charge is 0.292 e. The van der Waals surface area contributed by atoms with Gasteiger partial charge in [-0.3, -0.25) is 14.9 Å². The van der Waals surface area contributed by atoms with E-state index in [2.05, 4.69) is 15.5 Å². The van der Waals surface area contributed by atoms with Gasteiger partial charge in [-0.25, -0.2) is 13.1 Å². The Kier molecular flexibility index (Phi) is 5.06. The van der Waals surface area contributed by atoms with Crippen LogP contribution < -0.4 is 10.0 Å². The van der Waals surface area contributed by atoms with Crippen molar-refractivity contribution >= 4 is 38.3 Å². The number of carbonyl (C=O) groups excluding carboxylic acids is 2.